The molecule has 0 saturated heterocycles. The van der Waals surface area contributed by atoms with E-state index in [0.29, 0.717) is 5.56 Å². The summed E-state index contributed by atoms with van der Waals surface area (Å²) in [6, 6.07) is 5.62. The third kappa shape index (κ3) is 2.52. The van der Waals surface area contributed by atoms with Gasteiger partial charge < -0.3 is 4.90 Å². The summed E-state index contributed by atoms with van der Waals surface area (Å²) >= 11 is 5.57. The highest BCUT2D eigenvalue weighted by molar-refractivity contribution is 6.30. The lowest BCUT2D eigenvalue weighted by molar-refractivity contribution is -0.121. The molecule has 3 nitrogen and oxygen atoms in total. The number of ketones is 1. The monoisotopic (exact) mass is 279 g/mol. The van der Waals surface area contributed by atoms with Gasteiger partial charge in [0, 0.05) is 23.2 Å². The number of Topliss-reactive ketones (excluding diaryl/α,β-unsaturated/α-hetero) is 1. The van der Waals surface area contributed by atoms with Gasteiger partial charge in [0.2, 0.25) is 5.91 Å². The highest BCUT2D eigenvalue weighted by Gasteiger charge is 2.32. The molecule has 1 aliphatic heterocycles. The summed E-state index contributed by atoms with van der Waals surface area (Å²) < 4.78 is 0. The van der Waals surface area contributed by atoms with Gasteiger partial charge in [-0.15, -0.1) is 11.6 Å². The number of carbonyl (C=O) groups excluding carboxylic acids is 2. The maximum Gasteiger partial charge on any atom is 0.229 e. The van der Waals surface area contributed by atoms with E-state index in [1.54, 1.807) is 6.07 Å². The molecule has 0 bridgehead atoms. The van der Waals surface area contributed by atoms with E-state index in [9.17, 15) is 9.59 Å². The van der Waals surface area contributed by atoms with Crippen LogP contribution in [-0.2, 0) is 11.2 Å². The van der Waals surface area contributed by atoms with Gasteiger partial charge >= 0.3 is 0 Å². The van der Waals surface area contributed by atoms with Crippen molar-refractivity contribution >= 4 is 29.0 Å². The minimum absolute atomic E-state index is 0.0109. The smallest absolute Gasteiger partial charge is 0.229 e. The Morgan fingerprint density at radius 1 is 1.42 bits per heavy atom. The molecule has 0 radical (unpaired) electrons. The fourth-order valence-electron chi connectivity index (χ4n) is 2.50. The minimum atomic E-state index is -0.0780. The molecule has 0 N–H and O–H groups in total. The number of hydrogen-bond acceptors (Lipinski definition) is 2. The summed E-state index contributed by atoms with van der Waals surface area (Å²) in [5.74, 6) is 0.00849. The first kappa shape index (κ1) is 14.1. The summed E-state index contributed by atoms with van der Waals surface area (Å²) in [7, 11) is 0. The molecule has 1 heterocycles. The van der Waals surface area contributed by atoms with Crippen LogP contribution in [0.25, 0.3) is 0 Å². The Bertz CT molecular complexity index is 525. The van der Waals surface area contributed by atoms with E-state index in [4.69, 9.17) is 11.6 Å². The maximum atomic E-state index is 12.2. The number of anilines is 1. The van der Waals surface area contributed by atoms with Crippen molar-refractivity contribution in [3.63, 3.8) is 0 Å². The summed E-state index contributed by atoms with van der Waals surface area (Å²) in [4.78, 5) is 25.7. The first-order valence-corrected chi connectivity index (χ1v) is 7.04. The van der Waals surface area contributed by atoms with Crippen LogP contribution in [0.3, 0.4) is 0 Å². The van der Waals surface area contributed by atoms with Crippen molar-refractivity contribution in [2.75, 3.05) is 10.8 Å². The van der Waals surface area contributed by atoms with Crippen molar-refractivity contribution in [1.29, 1.82) is 0 Å². The summed E-state index contributed by atoms with van der Waals surface area (Å²) in [5.41, 5.74) is 2.61. The van der Waals surface area contributed by atoms with Gasteiger partial charge in [0.25, 0.3) is 0 Å². The number of amides is 1. The van der Waals surface area contributed by atoms with Crippen LogP contribution in [0.2, 0.25) is 0 Å². The number of alkyl halides is 1. The van der Waals surface area contributed by atoms with Gasteiger partial charge in [-0.3, -0.25) is 9.59 Å². The molecular weight excluding hydrogens is 262 g/mol. The SMILES string of the molecule is CC(C)C(=O)N1c2ccc(C(=O)CCl)cc2CC1C. The zero-order valence-electron chi connectivity index (χ0n) is 11.4. The first-order valence-electron chi connectivity index (χ1n) is 6.51. The summed E-state index contributed by atoms with van der Waals surface area (Å²) in [6.45, 7) is 5.83. The van der Waals surface area contributed by atoms with E-state index in [1.165, 1.54) is 0 Å². The lowest BCUT2D eigenvalue weighted by Crippen LogP contribution is -2.38. The molecule has 1 aliphatic rings. The Balaban J connectivity index is 2.38. The molecule has 4 heteroatoms. The molecule has 0 aliphatic carbocycles. The van der Waals surface area contributed by atoms with Gasteiger partial charge in [-0.25, -0.2) is 0 Å². The van der Waals surface area contributed by atoms with Crippen LogP contribution in [0, 0.1) is 5.92 Å². The maximum absolute atomic E-state index is 12.2. The van der Waals surface area contributed by atoms with Crippen molar-refractivity contribution < 1.29 is 9.59 Å². The second-order valence-electron chi connectivity index (χ2n) is 5.32. The average molecular weight is 280 g/mol. The molecule has 102 valence electrons. The zero-order valence-corrected chi connectivity index (χ0v) is 12.2. The van der Waals surface area contributed by atoms with Gasteiger partial charge in [-0.2, -0.15) is 0 Å². The number of carbonyl (C=O) groups is 2. The highest BCUT2D eigenvalue weighted by atomic mass is 35.5. The van der Waals surface area contributed by atoms with Gasteiger partial charge in [-0.05, 0) is 37.1 Å². The van der Waals surface area contributed by atoms with Crippen molar-refractivity contribution in [3.05, 3.63) is 29.3 Å². The fourth-order valence-corrected chi connectivity index (χ4v) is 2.65. The van der Waals surface area contributed by atoms with Crippen LogP contribution in [0.5, 0.6) is 0 Å². The third-order valence-electron chi connectivity index (χ3n) is 3.47. The van der Waals surface area contributed by atoms with Gasteiger partial charge in [0.05, 0.1) is 5.88 Å². The molecule has 1 atom stereocenters. The summed E-state index contributed by atoms with van der Waals surface area (Å²) in [5, 5.41) is 0. The van der Waals surface area contributed by atoms with E-state index in [1.807, 2.05) is 37.8 Å². The van der Waals surface area contributed by atoms with Crippen molar-refractivity contribution in [2.24, 2.45) is 5.92 Å². The molecule has 0 saturated carbocycles. The van der Waals surface area contributed by atoms with Gasteiger partial charge in [-0.1, -0.05) is 13.8 Å². The van der Waals surface area contributed by atoms with Crippen molar-refractivity contribution in [1.82, 2.24) is 0 Å². The number of nitrogens with zero attached hydrogens (tertiary/aromatic N) is 1. The largest absolute Gasteiger partial charge is 0.309 e. The van der Waals surface area contributed by atoms with E-state index < -0.39 is 0 Å². The third-order valence-corrected chi connectivity index (χ3v) is 3.71. The second-order valence-corrected chi connectivity index (χ2v) is 5.58. The minimum Gasteiger partial charge on any atom is -0.309 e. The number of halogens is 1. The lowest BCUT2D eigenvalue weighted by Gasteiger charge is -2.24. The molecule has 1 aromatic carbocycles. The number of fused-ring (bicyclic) bond motifs is 1. The van der Waals surface area contributed by atoms with Crippen LogP contribution in [0.15, 0.2) is 18.2 Å². The predicted molar refractivity (Wildman–Crippen MR) is 77.0 cm³/mol. The van der Waals surface area contributed by atoms with Gasteiger partial charge in [0.15, 0.2) is 5.78 Å². The van der Waals surface area contributed by atoms with E-state index in [2.05, 4.69) is 0 Å². The highest BCUT2D eigenvalue weighted by Crippen LogP contribution is 2.34. The Kier molecular flexibility index (Phi) is 3.95. The van der Waals surface area contributed by atoms with Crippen molar-refractivity contribution in [3.8, 4) is 0 Å². The molecule has 0 aromatic heterocycles. The van der Waals surface area contributed by atoms with E-state index in [0.717, 1.165) is 17.7 Å². The molecule has 0 spiro atoms. The van der Waals surface area contributed by atoms with E-state index >= 15 is 0 Å². The normalized spacial score (nSPS) is 17.7. The van der Waals surface area contributed by atoms with Crippen LogP contribution < -0.4 is 4.90 Å². The predicted octanol–water partition coefficient (Wildman–Crippen LogP) is 3.04. The number of benzene rings is 1. The van der Waals surface area contributed by atoms with Gasteiger partial charge in [0.1, 0.15) is 0 Å². The second kappa shape index (κ2) is 5.33. The standard InChI is InChI=1S/C15H18ClNO2/c1-9(2)15(19)17-10(3)6-12-7-11(14(18)8-16)4-5-13(12)17/h4-5,7,9-10H,6,8H2,1-3H3. The quantitative estimate of drug-likeness (QED) is 0.630. The molecule has 2 rings (SSSR count). The Hall–Kier alpha value is -1.35. The molecule has 1 aromatic rings. The first-order chi connectivity index (χ1) is 8.95. The topological polar surface area (TPSA) is 37.4 Å². The Morgan fingerprint density at radius 2 is 2.11 bits per heavy atom. The fraction of sp³-hybridized carbons (Fsp3) is 0.467. The Morgan fingerprint density at radius 3 is 2.68 bits per heavy atom. The molecular formula is C15H18ClNO2. The average Bonchev–Trinajstić information content (AvgIpc) is 2.71. The lowest BCUT2D eigenvalue weighted by atomic mass is 10.0. The zero-order chi connectivity index (χ0) is 14.2. The Labute approximate surface area is 118 Å². The molecule has 0 fully saturated rings. The van der Waals surface area contributed by atoms with Crippen LogP contribution in [-0.4, -0.2) is 23.6 Å². The number of rotatable bonds is 3. The van der Waals surface area contributed by atoms with Crippen LogP contribution in [0.1, 0.15) is 36.7 Å². The van der Waals surface area contributed by atoms with Crippen molar-refractivity contribution in [2.45, 2.75) is 33.2 Å². The summed E-state index contributed by atoms with van der Waals surface area (Å²) in [6.07, 6.45) is 0.789. The van der Waals surface area contributed by atoms with E-state index in [-0.39, 0.29) is 29.5 Å². The molecule has 1 unspecified atom stereocenters. The molecule has 19 heavy (non-hydrogen) atoms. The molecule has 1 amide bonds. The number of hydrogen-bond donors (Lipinski definition) is 0. The van der Waals surface area contributed by atoms with Crippen LogP contribution in [0.4, 0.5) is 5.69 Å². The van der Waals surface area contributed by atoms with Crippen LogP contribution >= 0.6 is 11.6 Å².